The van der Waals surface area contributed by atoms with E-state index in [-0.39, 0.29) is 13.0 Å². The van der Waals surface area contributed by atoms with Crippen molar-refractivity contribution in [3.8, 4) is 0 Å². The second kappa shape index (κ2) is 3.77. The van der Waals surface area contributed by atoms with Gasteiger partial charge in [0.2, 0.25) is 0 Å². The summed E-state index contributed by atoms with van der Waals surface area (Å²) in [5, 5.41) is 0. The molecule has 60 valence electrons. The Morgan fingerprint density at radius 1 is 1.40 bits per heavy atom. The second-order valence-electron chi connectivity index (χ2n) is 2.68. The molecule has 0 amide bonds. The van der Waals surface area contributed by atoms with Crippen LogP contribution in [0.5, 0.6) is 0 Å². The van der Waals surface area contributed by atoms with Crippen molar-refractivity contribution in [2.24, 2.45) is 0 Å². The molecule has 0 spiro atoms. The van der Waals surface area contributed by atoms with Gasteiger partial charge < -0.3 is 4.74 Å². The molecule has 1 saturated carbocycles. The molecular weight excluding hydrogens is 124 g/mol. The molecule has 0 atom stereocenters. The molecule has 0 aromatic carbocycles. The maximum absolute atomic E-state index is 5.33. The van der Waals surface area contributed by atoms with Crippen LogP contribution < -0.4 is 0 Å². The van der Waals surface area contributed by atoms with Crippen molar-refractivity contribution in [3.63, 3.8) is 0 Å². The van der Waals surface area contributed by atoms with E-state index < -0.39 is 0 Å². The Morgan fingerprint density at radius 2 is 1.90 bits per heavy atom. The van der Waals surface area contributed by atoms with E-state index in [0.717, 1.165) is 12.8 Å². The van der Waals surface area contributed by atoms with Gasteiger partial charge in [-0.3, -0.25) is 0 Å². The number of hydrogen-bond donors (Lipinski definition) is 0. The fourth-order valence-electron chi connectivity index (χ4n) is 1.47. The lowest BCUT2D eigenvalue weighted by atomic mass is 10.0. The first-order valence-electron chi connectivity index (χ1n) is 3.52. The molecule has 0 aromatic rings. The van der Waals surface area contributed by atoms with Crippen molar-refractivity contribution in [3.05, 3.63) is 12.7 Å². The van der Waals surface area contributed by atoms with Crippen molar-refractivity contribution < 1.29 is 4.74 Å². The van der Waals surface area contributed by atoms with Gasteiger partial charge in [0.05, 0.1) is 5.60 Å². The van der Waals surface area contributed by atoms with Gasteiger partial charge in [0.25, 0.3) is 0 Å². The van der Waals surface area contributed by atoms with E-state index in [4.69, 9.17) is 4.74 Å². The predicted molar refractivity (Wildman–Crippen MR) is 45.1 cm³/mol. The normalized spacial score (nSPS) is 21.7. The first-order chi connectivity index (χ1) is 4.33. The van der Waals surface area contributed by atoms with Gasteiger partial charge in [0, 0.05) is 7.11 Å². The van der Waals surface area contributed by atoms with E-state index in [1.807, 2.05) is 6.08 Å². The quantitative estimate of drug-likeness (QED) is 0.539. The molecule has 0 unspecified atom stereocenters. The Morgan fingerprint density at radius 3 is 2.10 bits per heavy atom. The summed E-state index contributed by atoms with van der Waals surface area (Å²) < 4.78 is 5.33. The van der Waals surface area contributed by atoms with E-state index in [1.54, 1.807) is 7.11 Å². The van der Waals surface area contributed by atoms with Crippen LogP contribution in [-0.4, -0.2) is 12.7 Å². The van der Waals surface area contributed by atoms with Crippen molar-refractivity contribution in [1.82, 2.24) is 0 Å². The summed E-state index contributed by atoms with van der Waals surface area (Å²) in [6.45, 7) is 3.76. The fraction of sp³-hybridized carbons (Fsp3) is 0.778. The van der Waals surface area contributed by atoms with Gasteiger partial charge in [-0.1, -0.05) is 26.3 Å². The summed E-state index contributed by atoms with van der Waals surface area (Å²) in [7, 11) is 1.77. The smallest absolute Gasteiger partial charge is 0.0856 e. The molecule has 1 aliphatic rings. The third-order valence-corrected chi connectivity index (χ3v) is 2.23. The molecule has 0 heterocycles. The maximum atomic E-state index is 5.33. The molecule has 1 heteroatoms. The Bertz CT molecular complexity index is 101. The van der Waals surface area contributed by atoms with Gasteiger partial charge in [-0.15, -0.1) is 6.58 Å². The molecular formula is C9H18O. The van der Waals surface area contributed by atoms with Crippen LogP contribution in [0.3, 0.4) is 0 Å². The number of ether oxygens (including phenoxy) is 1. The zero-order valence-corrected chi connectivity index (χ0v) is 6.02. The van der Waals surface area contributed by atoms with Crippen LogP contribution >= 0.6 is 0 Å². The lowest BCUT2D eigenvalue weighted by molar-refractivity contribution is 0.0391. The summed E-state index contributed by atoms with van der Waals surface area (Å²) in [4.78, 5) is 0. The predicted octanol–water partition coefficient (Wildman–Crippen LogP) is 2.77. The lowest BCUT2D eigenvalue weighted by Gasteiger charge is -2.21. The van der Waals surface area contributed by atoms with Crippen LogP contribution in [0, 0.1) is 0 Å². The molecule has 0 saturated heterocycles. The molecule has 0 aliphatic heterocycles. The van der Waals surface area contributed by atoms with Gasteiger partial charge in [-0.2, -0.15) is 0 Å². The molecule has 1 aliphatic carbocycles. The van der Waals surface area contributed by atoms with Crippen molar-refractivity contribution in [2.75, 3.05) is 7.11 Å². The molecule has 10 heavy (non-hydrogen) atoms. The van der Waals surface area contributed by atoms with Gasteiger partial charge in [-0.25, -0.2) is 0 Å². The monoisotopic (exact) mass is 142 g/mol. The standard InChI is InChI=1S/C8H14O.CH4/c1-3-8(9-2)6-4-5-7-8;/h3H,1,4-7H2,2H3;1H4. The summed E-state index contributed by atoms with van der Waals surface area (Å²) in [6, 6.07) is 0. The molecule has 1 rings (SSSR count). The van der Waals surface area contributed by atoms with E-state index in [1.165, 1.54) is 12.8 Å². The van der Waals surface area contributed by atoms with Crippen molar-refractivity contribution in [2.45, 2.75) is 38.7 Å². The van der Waals surface area contributed by atoms with Crippen molar-refractivity contribution >= 4 is 0 Å². The Labute approximate surface area is 64.1 Å². The molecule has 1 nitrogen and oxygen atoms in total. The minimum atomic E-state index is 0. The van der Waals surface area contributed by atoms with Crippen LogP contribution in [0.15, 0.2) is 12.7 Å². The van der Waals surface area contributed by atoms with Crippen LogP contribution in [0.4, 0.5) is 0 Å². The Kier molecular flexibility index (Phi) is 3.66. The van der Waals surface area contributed by atoms with E-state index >= 15 is 0 Å². The van der Waals surface area contributed by atoms with E-state index in [9.17, 15) is 0 Å². The topological polar surface area (TPSA) is 9.23 Å². The lowest BCUT2D eigenvalue weighted by Crippen LogP contribution is -2.23. The molecule has 0 radical (unpaired) electrons. The van der Waals surface area contributed by atoms with Gasteiger partial charge in [-0.05, 0) is 12.8 Å². The minimum Gasteiger partial charge on any atom is -0.374 e. The highest BCUT2D eigenvalue weighted by Crippen LogP contribution is 2.33. The number of methoxy groups -OCH3 is 1. The van der Waals surface area contributed by atoms with E-state index in [0.29, 0.717) is 0 Å². The Balaban J connectivity index is 0.000000810. The maximum Gasteiger partial charge on any atom is 0.0856 e. The summed E-state index contributed by atoms with van der Waals surface area (Å²) in [5.74, 6) is 0. The number of rotatable bonds is 2. The minimum absolute atomic E-state index is 0. The van der Waals surface area contributed by atoms with Crippen LogP contribution in [0.1, 0.15) is 33.1 Å². The zero-order chi connectivity index (χ0) is 6.74. The Hall–Kier alpha value is -0.300. The third-order valence-electron chi connectivity index (χ3n) is 2.23. The zero-order valence-electron chi connectivity index (χ0n) is 6.02. The van der Waals surface area contributed by atoms with Gasteiger partial charge in [0.15, 0.2) is 0 Å². The molecule has 0 aromatic heterocycles. The number of hydrogen-bond acceptors (Lipinski definition) is 1. The highest BCUT2D eigenvalue weighted by molar-refractivity contribution is 5.00. The molecule has 0 N–H and O–H groups in total. The van der Waals surface area contributed by atoms with Crippen molar-refractivity contribution in [1.29, 1.82) is 0 Å². The fourth-order valence-corrected chi connectivity index (χ4v) is 1.47. The SMILES string of the molecule is C.C=CC1(OC)CCCC1. The second-order valence-corrected chi connectivity index (χ2v) is 2.68. The van der Waals surface area contributed by atoms with Crippen LogP contribution in [-0.2, 0) is 4.74 Å². The first kappa shape index (κ1) is 9.70. The van der Waals surface area contributed by atoms with Gasteiger partial charge >= 0.3 is 0 Å². The van der Waals surface area contributed by atoms with Gasteiger partial charge in [0.1, 0.15) is 0 Å². The first-order valence-corrected chi connectivity index (χ1v) is 3.52. The average Bonchev–Trinajstić information content (AvgIpc) is 2.36. The third kappa shape index (κ3) is 1.60. The van der Waals surface area contributed by atoms with Crippen LogP contribution in [0.25, 0.3) is 0 Å². The summed E-state index contributed by atoms with van der Waals surface area (Å²) in [5.41, 5.74) is 0.0417. The van der Waals surface area contributed by atoms with Crippen LogP contribution in [0.2, 0.25) is 0 Å². The summed E-state index contributed by atoms with van der Waals surface area (Å²) in [6.07, 6.45) is 6.85. The highest BCUT2D eigenvalue weighted by Gasteiger charge is 2.29. The summed E-state index contributed by atoms with van der Waals surface area (Å²) >= 11 is 0. The molecule has 1 fully saturated rings. The average molecular weight is 142 g/mol. The largest absolute Gasteiger partial charge is 0.374 e. The highest BCUT2D eigenvalue weighted by atomic mass is 16.5. The van der Waals surface area contributed by atoms with E-state index in [2.05, 4.69) is 6.58 Å². The molecule has 0 bridgehead atoms.